The van der Waals surface area contributed by atoms with Crippen molar-refractivity contribution in [3.63, 3.8) is 0 Å². The molecule has 1 amide bonds. The lowest BCUT2D eigenvalue weighted by Crippen LogP contribution is -2.23. The van der Waals surface area contributed by atoms with Crippen LogP contribution in [0, 0.1) is 25.7 Å². The summed E-state index contributed by atoms with van der Waals surface area (Å²) >= 11 is 0. The molecule has 0 bridgehead atoms. The molecule has 2 aromatic carbocycles. The second-order valence-corrected chi connectivity index (χ2v) is 6.45. The van der Waals surface area contributed by atoms with Gasteiger partial charge in [0.25, 0.3) is 5.91 Å². The molecule has 29 heavy (non-hydrogen) atoms. The third-order valence-corrected chi connectivity index (χ3v) is 4.14. The van der Waals surface area contributed by atoms with Crippen LogP contribution in [0.1, 0.15) is 32.9 Å². The second-order valence-electron chi connectivity index (χ2n) is 6.45. The van der Waals surface area contributed by atoms with E-state index in [-0.39, 0.29) is 18.0 Å². The van der Waals surface area contributed by atoms with Crippen molar-refractivity contribution in [2.24, 2.45) is 0 Å². The predicted octanol–water partition coefficient (Wildman–Crippen LogP) is 4.29. The Hall–Kier alpha value is -3.53. The molecule has 0 spiro atoms. The fourth-order valence-corrected chi connectivity index (χ4v) is 2.79. The molecule has 1 aromatic heterocycles. The number of hydrogen-bond acceptors (Lipinski definition) is 2. The summed E-state index contributed by atoms with van der Waals surface area (Å²) in [6.45, 7) is 3.88. The largest absolute Gasteiger partial charge is 0.416 e. The molecule has 0 aliphatic carbocycles. The Morgan fingerprint density at radius 1 is 1.10 bits per heavy atom. The fourth-order valence-electron chi connectivity index (χ4n) is 2.79. The number of aryl methyl sites for hydroxylation is 2. The highest BCUT2D eigenvalue weighted by molar-refractivity contribution is 5.94. The molecule has 0 atom stereocenters. The van der Waals surface area contributed by atoms with Gasteiger partial charge >= 0.3 is 6.18 Å². The van der Waals surface area contributed by atoms with Crippen molar-refractivity contribution in [2.75, 3.05) is 6.54 Å². The first-order valence-electron chi connectivity index (χ1n) is 8.82. The number of alkyl halides is 3. The molecule has 0 saturated carbocycles. The Labute approximate surface area is 166 Å². The van der Waals surface area contributed by atoms with Crippen LogP contribution in [-0.4, -0.2) is 22.2 Å². The number of aromatic nitrogens is 2. The summed E-state index contributed by atoms with van der Waals surface area (Å²) in [6.07, 6.45) is -4.41. The maximum Gasteiger partial charge on any atom is 0.416 e. The minimum Gasteiger partial charge on any atom is -0.341 e. The molecular weight excluding hydrogens is 379 g/mol. The number of carbonyl (C=O) groups excluding carboxylic acids is 1. The minimum atomic E-state index is -4.41. The summed E-state index contributed by atoms with van der Waals surface area (Å²) in [5.74, 6) is 4.98. The van der Waals surface area contributed by atoms with E-state index in [0.717, 1.165) is 29.2 Å². The molecule has 0 aliphatic rings. The average Bonchev–Trinajstić information content (AvgIpc) is 3.03. The van der Waals surface area contributed by atoms with Crippen molar-refractivity contribution in [1.29, 1.82) is 0 Å². The zero-order valence-corrected chi connectivity index (χ0v) is 15.8. The normalized spacial score (nSPS) is 10.9. The number of hydrogen-bond donors (Lipinski definition) is 1. The van der Waals surface area contributed by atoms with Crippen LogP contribution in [0.5, 0.6) is 0 Å². The van der Waals surface area contributed by atoms with Crippen LogP contribution < -0.4 is 5.32 Å². The molecule has 7 heteroatoms. The monoisotopic (exact) mass is 397 g/mol. The number of rotatable bonds is 3. The van der Waals surface area contributed by atoms with Gasteiger partial charge in [-0.15, -0.1) is 0 Å². The lowest BCUT2D eigenvalue weighted by molar-refractivity contribution is -0.137. The summed E-state index contributed by atoms with van der Waals surface area (Å²) in [5, 5.41) is 7.02. The Morgan fingerprint density at radius 2 is 1.83 bits per heavy atom. The van der Waals surface area contributed by atoms with Gasteiger partial charge in [-0.3, -0.25) is 4.79 Å². The number of amides is 1. The number of nitrogens with one attached hydrogen (secondary N) is 1. The van der Waals surface area contributed by atoms with Crippen LogP contribution in [0.2, 0.25) is 0 Å². The second kappa shape index (κ2) is 8.23. The first-order chi connectivity index (χ1) is 13.7. The number of halogens is 3. The summed E-state index contributed by atoms with van der Waals surface area (Å²) < 4.78 is 39.9. The molecule has 0 unspecified atom stereocenters. The van der Waals surface area contributed by atoms with Gasteiger partial charge in [0, 0.05) is 16.8 Å². The van der Waals surface area contributed by atoms with Crippen LogP contribution in [0.25, 0.3) is 5.69 Å². The van der Waals surface area contributed by atoms with E-state index in [1.54, 1.807) is 28.9 Å². The molecule has 4 nitrogen and oxygen atoms in total. The van der Waals surface area contributed by atoms with Crippen molar-refractivity contribution in [1.82, 2.24) is 15.1 Å². The highest BCUT2D eigenvalue weighted by Gasteiger charge is 2.30. The number of carbonyl (C=O) groups is 1. The number of nitrogens with zero attached hydrogens (tertiary/aromatic N) is 2. The van der Waals surface area contributed by atoms with E-state index in [9.17, 15) is 18.0 Å². The van der Waals surface area contributed by atoms with Crippen LogP contribution in [0.3, 0.4) is 0 Å². The Kier molecular flexibility index (Phi) is 5.74. The van der Waals surface area contributed by atoms with E-state index >= 15 is 0 Å². The zero-order chi connectivity index (χ0) is 21.0. The molecule has 1 heterocycles. The lowest BCUT2D eigenvalue weighted by atomic mass is 10.1. The van der Waals surface area contributed by atoms with Gasteiger partial charge < -0.3 is 5.32 Å². The van der Waals surface area contributed by atoms with Crippen molar-refractivity contribution in [3.8, 4) is 17.5 Å². The zero-order valence-electron chi connectivity index (χ0n) is 15.8. The first-order valence-corrected chi connectivity index (χ1v) is 8.82. The van der Waals surface area contributed by atoms with Crippen molar-refractivity contribution < 1.29 is 18.0 Å². The molecule has 3 rings (SSSR count). The smallest absolute Gasteiger partial charge is 0.341 e. The van der Waals surface area contributed by atoms with E-state index in [2.05, 4.69) is 22.3 Å². The Morgan fingerprint density at radius 3 is 2.45 bits per heavy atom. The minimum absolute atomic E-state index is 0.0221. The van der Waals surface area contributed by atoms with Crippen molar-refractivity contribution in [2.45, 2.75) is 20.0 Å². The average molecular weight is 397 g/mol. The molecule has 1 N–H and O–H groups in total. The first kappa shape index (κ1) is 20.2. The van der Waals surface area contributed by atoms with E-state index in [0.29, 0.717) is 5.56 Å². The van der Waals surface area contributed by atoms with E-state index < -0.39 is 11.7 Å². The Balaban J connectivity index is 1.61. The molecule has 0 aliphatic heterocycles. The van der Waals surface area contributed by atoms with E-state index in [1.165, 1.54) is 12.1 Å². The molecule has 0 saturated heterocycles. The van der Waals surface area contributed by atoms with Crippen molar-refractivity contribution in [3.05, 3.63) is 82.7 Å². The summed E-state index contributed by atoms with van der Waals surface area (Å²) in [6, 6.07) is 13.7. The van der Waals surface area contributed by atoms with Gasteiger partial charge in [0.05, 0.1) is 23.5 Å². The van der Waals surface area contributed by atoms with Crippen molar-refractivity contribution >= 4 is 5.91 Å². The van der Waals surface area contributed by atoms with Crippen LogP contribution >= 0.6 is 0 Å². The fraction of sp³-hybridized carbons (Fsp3) is 0.182. The predicted molar refractivity (Wildman–Crippen MR) is 104 cm³/mol. The molecule has 148 valence electrons. The highest BCUT2D eigenvalue weighted by Crippen LogP contribution is 2.29. The van der Waals surface area contributed by atoms with Gasteiger partial charge in [-0.25, -0.2) is 4.68 Å². The molecule has 0 fully saturated rings. The van der Waals surface area contributed by atoms with E-state index in [4.69, 9.17) is 0 Å². The van der Waals surface area contributed by atoms with Gasteiger partial charge in [0.1, 0.15) is 0 Å². The highest BCUT2D eigenvalue weighted by atomic mass is 19.4. The van der Waals surface area contributed by atoms with Gasteiger partial charge in [0.15, 0.2) is 0 Å². The maximum atomic E-state index is 12.7. The standard InChI is InChI=1S/C22H18F3N3O/c1-15-13-16(2)28(27-15)20-10-8-18(9-11-20)21(29)26-12-4-6-17-5-3-7-19(14-17)22(23,24)25/h3,5,7-11,13-14H,12H2,1-2H3,(H,26,29). The number of benzene rings is 2. The topological polar surface area (TPSA) is 46.9 Å². The summed E-state index contributed by atoms with van der Waals surface area (Å²) in [7, 11) is 0. The third-order valence-electron chi connectivity index (χ3n) is 4.14. The summed E-state index contributed by atoms with van der Waals surface area (Å²) in [5.41, 5.74) is 2.68. The quantitative estimate of drug-likeness (QED) is 0.671. The molecule has 3 aromatic rings. The van der Waals surface area contributed by atoms with Gasteiger partial charge in [-0.2, -0.15) is 18.3 Å². The summed E-state index contributed by atoms with van der Waals surface area (Å²) in [4.78, 5) is 12.2. The van der Waals surface area contributed by atoms with Crippen LogP contribution in [0.4, 0.5) is 13.2 Å². The van der Waals surface area contributed by atoms with Gasteiger partial charge in [-0.1, -0.05) is 17.9 Å². The SMILES string of the molecule is Cc1cc(C)n(-c2ccc(C(=O)NCC#Cc3cccc(C(F)(F)F)c3)cc2)n1. The molecule has 0 radical (unpaired) electrons. The molecular formula is C22H18F3N3O. The van der Waals surface area contributed by atoms with E-state index in [1.807, 2.05) is 19.9 Å². The lowest BCUT2D eigenvalue weighted by Gasteiger charge is -2.06. The van der Waals surface area contributed by atoms with Crippen LogP contribution in [0.15, 0.2) is 54.6 Å². The van der Waals surface area contributed by atoms with Crippen LogP contribution in [-0.2, 0) is 6.18 Å². The maximum absolute atomic E-state index is 12.7. The van der Waals surface area contributed by atoms with Gasteiger partial charge in [0.2, 0.25) is 0 Å². The van der Waals surface area contributed by atoms with Gasteiger partial charge in [-0.05, 0) is 62.4 Å². The third kappa shape index (κ3) is 5.05. The Bertz CT molecular complexity index is 1090.